The number of hydrogen-bond acceptors (Lipinski definition) is 2. The van der Waals surface area contributed by atoms with E-state index in [2.05, 4.69) is 10.1 Å². The summed E-state index contributed by atoms with van der Waals surface area (Å²) in [5, 5.41) is 2.71. The van der Waals surface area contributed by atoms with Crippen LogP contribution in [0.15, 0.2) is 0 Å². The summed E-state index contributed by atoms with van der Waals surface area (Å²) < 4.78 is 4.46. The molecule has 0 radical (unpaired) electrons. The van der Waals surface area contributed by atoms with E-state index in [1.165, 1.54) is 32.8 Å². The number of carbonyl (C=O) groups is 1. The molecular formula is C8H15NO2. The van der Waals surface area contributed by atoms with Crippen LogP contribution in [-0.2, 0) is 4.74 Å². The van der Waals surface area contributed by atoms with Gasteiger partial charge in [0.05, 0.1) is 7.11 Å². The van der Waals surface area contributed by atoms with Gasteiger partial charge in [-0.15, -0.1) is 0 Å². The summed E-state index contributed by atoms with van der Waals surface area (Å²) in [7, 11) is 1.39. The van der Waals surface area contributed by atoms with E-state index >= 15 is 0 Å². The van der Waals surface area contributed by atoms with E-state index in [1.54, 1.807) is 0 Å². The number of methoxy groups -OCH3 is 1. The van der Waals surface area contributed by atoms with Gasteiger partial charge in [0.2, 0.25) is 0 Å². The summed E-state index contributed by atoms with van der Waals surface area (Å²) >= 11 is 0. The number of ether oxygens (including phenoxy) is 1. The number of amides is 1. The van der Waals surface area contributed by atoms with Gasteiger partial charge >= 0.3 is 6.09 Å². The van der Waals surface area contributed by atoms with Gasteiger partial charge < -0.3 is 10.1 Å². The lowest BCUT2D eigenvalue weighted by atomic mass is 10.1. The summed E-state index contributed by atoms with van der Waals surface area (Å²) in [5.74, 6) is 0.689. The van der Waals surface area contributed by atoms with Crippen LogP contribution < -0.4 is 5.32 Å². The second-order valence-electron chi connectivity index (χ2n) is 3.02. The zero-order valence-electron chi connectivity index (χ0n) is 6.93. The summed E-state index contributed by atoms with van der Waals surface area (Å²) in [6.45, 7) is 0.784. The van der Waals surface area contributed by atoms with E-state index in [4.69, 9.17) is 0 Å². The topological polar surface area (TPSA) is 38.3 Å². The molecule has 0 bridgehead atoms. The first-order chi connectivity index (χ1) is 5.33. The molecule has 0 atom stereocenters. The SMILES string of the molecule is COC(=O)NCC1CCCC1. The van der Waals surface area contributed by atoms with Crippen LogP contribution in [0.3, 0.4) is 0 Å². The third-order valence-corrected chi connectivity index (χ3v) is 2.20. The molecule has 0 aromatic heterocycles. The standard InChI is InChI=1S/C8H15NO2/c1-11-8(10)9-6-7-4-2-3-5-7/h7H,2-6H2,1H3,(H,9,10). The first kappa shape index (κ1) is 8.37. The monoisotopic (exact) mass is 157 g/mol. The van der Waals surface area contributed by atoms with Crippen molar-refractivity contribution in [3.05, 3.63) is 0 Å². The summed E-state index contributed by atoms with van der Waals surface area (Å²) in [5.41, 5.74) is 0. The highest BCUT2D eigenvalue weighted by atomic mass is 16.5. The molecule has 0 spiro atoms. The first-order valence-electron chi connectivity index (χ1n) is 4.14. The lowest BCUT2D eigenvalue weighted by Crippen LogP contribution is -2.27. The van der Waals surface area contributed by atoms with Crippen molar-refractivity contribution >= 4 is 6.09 Å². The van der Waals surface area contributed by atoms with E-state index in [1.807, 2.05) is 0 Å². The minimum absolute atomic E-state index is 0.308. The molecule has 1 fully saturated rings. The van der Waals surface area contributed by atoms with Crippen LogP contribution in [0.25, 0.3) is 0 Å². The highest BCUT2D eigenvalue weighted by Crippen LogP contribution is 2.23. The predicted octanol–water partition coefficient (Wildman–Crippen LogP) is 1.53. The Balaban J connectivity index is 2.06. The zero-order valence-corrected chi connectivity index (χ0v) is 6.93. The fourth-order valence-corrected chi connectivity index (χ4v) is 1.51. The molecule has 1 N–H and O–H groups in total. The molecular weight excluding hydrogens is 142 g/mol. The predicted molar refractivity (Wildman–Crippen MR) is 42.4 cm³/mol. The molecule has 0 saturated heterocycles. The third kappa shape index (κ3) is 2.78. The van der Waals surface area contributed by atoms with E-state index in [0.29, 0.717) is 5.92 Å². The maximum Gasteiger partial charge on any atom is 0.406 e. The highest BCUT2D eigenvalue weighted by molar-refractivity contribution is 5.66. The van der Waals surface area contributed by atoms with Gasteiger partial charge in [-0.2, -0.15) is 0 Å². The largest absolute Gasteiger partial charge is 0.453 e. The Morgan fingerprint density at radius 2 is 2.18 bits per heavy atom. The number of nitrogens with one attached hydrogen (secondary N) is 1. The molecule has 1 saturated carbocycles. The van der Waals surface area contributed by atoms with Crippen LogP contribution in [0.2, 0.25) is 0 Å². The minimum Gasteiger partial charge on any atom is -0.453 e. The molecule has 1 aliphatic rings. The van der Waals surface area contributed by atoms with Crippen LogP contribution >= 0.6 is 0 Å². The lowest BCUT2D eigenvalue weighted by Gasteiger charge is -2.08. The van der Waals surface area contributed by atoms with Crippen LogP contribution in [0, 0.1) is 5.92 Å². The number of carbonyl (C=O) groups excluding carboxylic acids is 1. The molecule has 11 heavy (non-hydrogen) atoms. The molecule has 1 rings (SSSR count). The van der Waals surface area contributed by atoms with Crippen LogP contribution in [-0.4, -0.2) is 19.7 Å². The third-order valence-electron chi connectivity index (χ3n) is 2.20. The van der Waals surface area contributed by atoms with Gasteiger partial charge in [0.25, 0.3) is 0 Å². The average molecular weight is 157 g/mol. The molecule has 0 aromatic carbocycles. The van der Waals surface area contributed by atoms with Gasteiger partial charge in [-0.3, -0.25) is 0 Å². The van der Waals surface area contributed by atoms with Crippen LogP contribution in [0.1, 0.15) is 25.7 Å². The Hall–Kier alpha value is -0.730. The Morgan fingerprint density at radius 3 is 2.73 bits per heavy atom. The van der Waals surface area contributed by atoms with Gasteiger partial charge in [0.1, 0.15) is 0 Å². The van der Waals surface area contributed by atoms with Gasteiger partial charge in [0.15, 0.2) is 0 Å². The Bertz CT molecular complexity index is 130. The van der Waals surface area contributed by atoms with Crippen molar-refractivity contribution in [1.82, 2.24) is 5.32 Å². The van der Waals surface area contributed by atoms with E-state index in [-0.39, 0.29) is 6.09 Å². The molecule has 3 heteroatoms. The molecule has 3 nitrogen and oxygen atoms in total. The molecule has 1 aliphatic carbocycles. The van der Waals surface area contributed by atoms with Crippen molar-refractivity contribution in [3.63, 3.8) is 0 Å². The van der Waals surface area contributed by atoms with Crippen molar-refractivity contribution in [3.8, 4) is 0 Å². The summed E-state index contributed by atoms with van der Waals surface area (Å²) in [4.78, 5) is 10.6. The number of alkyl carbamates (subject to hydrolysis) is 1. The maximum absolute atomic E-state index is 10.6. The van der Waals surface area contributed by atoms with Crippen molar-refractivity contribution in [2.75, 3.05) is 13.7 Å². The quantitative estimate of drug-likeness (QED) is 0.660. The molecule has 1 amide bonds. The summed E-state index contributed by atoms with van der Waals surface area (Å²) in [6.07, 6.45) is 4.83. The van der Waals surface area contributed by atoms with Crippen molar-refractivity contribution in [2.45, 2.75) is 25.7 Å². The second-order valence-corrected chi connectivity index (χ2v) is 3.02. The van der Waals surface area contributed by atoms with Crippen molar-refractivity contribution in [2.24, 2.45) is 5.92 Å². The normalized spacial score (nSPS) is 18.3. The Labute approximate surface area is 67.1 Å². The highest BCUT2D eigenvalue weighted by Gasteiger charge is 2.15. The lowest BCUT2D eigenvalue weighted by molar-refractivity contribution is 0.169. The van der Waals surface area contributed by atoms with E-state index in [9.17, 15) is 4.79 Å². The van der Waals surface area contributed by atoms with Gasteiger partial charge in [-0.1, -0.05) is 12.8 Å². The fourth-order valence-electron chi connectivity index (χ4n) is 1.51. The molecule has 0 heterocycles. The fraction of sp³-hybridized carbons (Fsp3) is 0.875. The van der Waals surface area contributed by atoms with E-state index < -0.39 is 0 Å². The molecule has 64 valence electrons. The van der Waals surface area contributed by atoms with Crippen molar-refractivity contribution in [1.29, 1.82) is 0 Å². The van der Waals surface area contributed by atoms with E-state index in [0.717, 1.165) is 6.54 Å². The minimum atomic E-state index is -0.308. The number of rotatable bonds is 2. The first-order valence-corrected chi connectivity index (χ1v) is 4.14. The van der Waals surface area contributed by atoms with Gasteiger partial charge in [-0.25, -0.2) is 4.79 Å². The van der Waals surface area contributed by atoms with Gasteiger partial charge in [0, 0.05) is 6.54 Å². The molecule has 0 aromatic rings. The smallest absolute Gasteiger partial charge is 0.406 e. The average Bonchev–Trinajstić information content (AvgIpc) is 2.52. The molecule has 0 unspecified atom stereocenters. The van der Waals surface area contributed by atoms with Crippen LogP contribution in [0.4, 0.5) is 4.79 Å². The number of hydrogen-bond donors (Lipinski definition) is 1. The maximum atomic E-state index is 10.6. The summed E-state index contributed by atoms with van der Waals surface area (Å²) in [6, 6.07) is 0. The van der Waals surface area contributed by atoms with Crippen molar-refractivity contribution < 1.29 is 9.53 Å². The Kier molecular flexibility index (Phi) is 3.20. The second kappa shape index (κ2) is 4.21. The molecule has 0 aliphatic heterocycles. The Morgan fingerprint density at radius 1 is 1.55 bits per heavy atom. The van der Waals surface area contributed by atoms with Crippen LogP contribution in [0.5, 0.6) is 0 Å². The zero-order chi connectivity index (χ0) is 8.10. The van der Waals surface area contributed by atoms with Gasteiger partial charge in [-0.05, 0) is 18.8 Å².